The first-order chi connectivity index (χ1) is 10.3. The molecule has 0 unspecified atom stereocenters. The number of rotatable bonds is 2. The van der Waals surface area contributed by atoms with Crippen molar-refractivity contribution in [1.82, 2.24) is 9.78 Å². The molecule has 0 bridgehead atoms. The highest BCUT2D eigenvalue weighted by atomic mass is 35.5. The molecule has 1 aromatic carbocycles. The monoisotopic (exact) mass is 356 g/mol. The number of aryl methyl sites for hydroxylation is 1. The minimum atomic E-state index is -3.38. The van der Waals surface area contributed by atoms with Gasteiger partial charge >= 0.3 is 0 Å². The third kappa shape index (κ3) is 2.69. The molecule has 2 aromatic heterocycles. The number of aromatic nitrogens is 3. The molecule has 0 aliphatic carbocycles. The Bertz CT molecular complexity index is 973. The zero-order valence-electron chi connectivity index (χ0n) is 11.8. The molecule has 0 saturated carbocycles. The third-order valence-electron chi connectivity index (χ3n) is 3.23. The van der Waals surface area contributed by atoms with E-state index < -0.39 is 9.84 Å². The first kappa shape index (κ1) is 15.3. The maximum absolute atomic E-state index is 11.6. The summed E-state index contributed by atoms with van der Waals surface area (Å²) < 4.78 is 26.7. The zero-order valence-corrected chi connectivity index (χ0v) is 14.1. The molecule has 0 radical (unpaired) electrons. The number of fused-ring (bicyclic) bond motifs is 1. The smallest absolute Gasteiger partial charge is 0.179 e. The molecule has 0 saturated heterocycles. The van der Waals surface area contributed by atoms with Crippen LogP contribution in [0.2, 0.25) is 10.0 Å². The van der Waals surface area contributed by atoms with E-state index >= 15 is 0 Å². The van der Waals surface area contributed by atoms with Gasteiger partial charge in [0.15, 0.2) is 22.2 Å². The molecule has 0 atom stereocenters. The summed E-state index contributed by atoms with van der Waals surface area (Å²) in [5, 5.41) is 5.80. The van der Waals surface area contributed by atoms with E-state index in [1.54, 1.807) is 10.9 Å². The van der Waals surface area contributed by atoms with Gasteiger partial charge in [0.25, 0.3) is 0 Å². The van der Waals surface area contributed by atoms with E-state index in [-0.39, 0.29) is 14.9 Å². The second kappa shape index (κ2) is 5.22. The van der Waals surface area contributed by atoms with Crippen LogP contribution in [0, 0.1) is 0 Å². The standard InChI is InChI=1S/C14H12Cl2N3O2S/c1-18-4-3-13-9(7-18)8-19(17-13)14-11(15)5-10(6-12(14)16)22(2,20)21/h3-8H,1-2H3/q+1. The van der Waals surface area contributed by atoms with Crippen LogP contribution in [0.5, 0.6) is 0 Å². The Balaban J connectivity index is 2.22. The second-order valence-electron chi connectivity index (χ2n) is 5.03. The van der Waals surface area contributed by atoms with Gasteiger partial charge in [-0.2, -0.15) is 5.10 Å². The number of pyridine rings is 1. The van der Waals surface area contributed by atoms with Crippen LogP contribution >= 0.6 is 23.2 Å². The molecule has 3 aromatic rings. The van der Waals surface area contributed by atoms with E-state index in [9.17, 15) is 8.42 Å². The molecule has 0 aliphatic heterocycles. The normalized spacial score (nSPS) is 12.0. The maximum atomic E-state index is 11.6. The molecule has 0 aliphatic rings. The molecule has 2 heterocycles. The first-order valence-electron chi connectivity index (χ1n) is 6.30. The summed E-state index contributed by atoms with van der Waals surface area (Å²) in [6, 6.07) is 4.63. The average molecular weight is 357 g/mol. The van der Waals surface area contributed by atoms with E-state index in [4.69, 9.17) is 23.2 Å². The van der Waals surface area contributed by atoms with Crippen molar-refractivity contribution >= 4 is 43.9 Å². The minimum absolute atomic E-state index is 0.0781. The Hall–Kier alpha value is -1.63. The SMILES string of the molecule is C[n+]1ccc2nn(-c3c(Cl)cc(S(C)(=O)=O)cc3Cl)cc2c1. The van der Waals surface area contributed by atoms with Gasteiger partial charge < -0.3 is 0 Å². The van der Waals surface area contributed by atoms with Gasteiger partial charge in [-0.25, -0.2) is 17.7 Å². The fourth-order valence-corrected chi connectivity index (χ4v) is 3.62. The topological polar surface area (TPSA) is 55.8 Å². The molecule has 5 nitrogen and oxygen atoms in total. The predicted octanol–water partition coefficient (Wildman–Crippen LogP) is 2.56. The highest BCUT2D eigenvalue weighted by Crippen LogP contribution is 2.32. The fraction of sp³-hybridized carbons (Fsp3) is 0.143. The van der Waals surface area contributed by atoms with Crippen LogP contribution in [0.3, 0.4) is 0 Å². The lowest BCUT2D eigenvalue weighted by molar-refractivity contribution is -0.670. The Morgan fingerprint density at radius 2 is 1.86 bits per heavy atom. The molecular weight excluding hydrogens is 345 g/mol. The Morgan fingerprint density at radius 3 is 2.45 bits per heavy atom. The number of hydrogen-bond donors (Lipinski definition) is 0. The van der Waals surface area contributed by atoms with Crippen LogP contribution in [-0.4, -0.2) is 24.5 Å². The van der Waals surface area contributed by atoms with E-state index in [1.165, 1.54) is 12.1 Å². The van der Waals surface area contributed by atoms with Gasteiger partial charge in [0.2, 0.25) is 0 Å². The van der Waals surface area contributed by atoms with Crippen molar-refractivity contribution in [2.45, 2.75) is 4.90 Å². The van der Waals surface area contributed by atoms with Gasteiger partial charge in [0, 0.05) is 18.5 Å². The molecule has 114 valence electrons. The molecule has 0 N–H and O–H groups in total. The van der Waals surface area contributed by atoms with Crippen molar-refractivity contribution in [2.24, 2.45) is 7.05 Å². The summed E-state index contributed by atoms with van der Waals surface area (Å²) in [4.78, 5) is 0.0781. The van der Waals surface area contributed by atoms with Crippen molar-refractivity contribution in [3.05, 3.63) is 46.8 Å². The Labute approximate surface area is 137 Å². The summed E-state index contributed by atoms with van der Waals surface area (Å²) in [5.74, 6) is 0. The van der Waals surface area contributed by atoms with Gasteiger partial charge in [0.1, 0.15) is 18.3 Å². The molecule has 0 fully saturated rings. The average Bonchev–Trinajstić information content (AvgIpc) is 2.79. The van der Waals surface area contributed by atoms with Gasteiger partial charge in [-0.1, -0.05) is 23.2 Å². The summed E-state index contributed by atoms with van der Waals surface area (Å²) in [5.41, 5.74) is 1.24. The quantitative estimate of drug-likeness (QED) is 0.663. The van der Waals surface area contributed by atoms with Crippen molar-refractivity contribution in [3.63, 3.8) is 0 Å². The summed E-state index contributed by atoms with van der Waals surface area (Å²) in [7, 11) is -1.46. The summed E-state index contributed by atoms with van der Waals surface area (Å²) in [6.45, 7) is 0. The third-order valence-corrected chi connectivity index (χ3v) is 4.90. The Kier molecular flexibility index (Phi) is 3.63. The Morgan fingerprint density at radius 1 is 1.23 bits per heavy atom. The van der Waals surface area contributed by atoms with Crippen molar-refractivity contribution < 1.29 is 13.0 Å². The van der Waals surface area contributed by atoms with E-state index in [0.29, 0.717) is 5.69 Å². The number of benzene rings is 1. The predicted molar refractivity (Wildman–Crippen MR) is 85.4 cm³/mol. The lowest BCUT2D eigenvalue weighted by atomic mass is 10.3. The molecule has 3 rings (SSSR count). The van der Waals surface area contributed by atoms with Crippen molar-refractivity contribution in [2.75, 3.05) is 6.26 Å². The van der Waals surface area contributed by atoms with Gasteiger partial charge in [0.05, 0.1) is 20.3 Å². The zero-order chi connectivity index (χ0) is 16.1. The molecule has 8 heteroatoms. The van der Waals surface area contributed by atoms with E-state index in [1.807, 2.05) is 30.1 Å². The maximum Gasteiger partial charge on any atom is 0.179 e. The van der Waals surface area contributed by atoms with Crippen LogP contribution in [0.25, 0.3) is 16.6 Å². The molecule has 0 amide bonds. The van der Waals surface area contributed by atoms with Crippen LogP contribution in [0.4, 0.5) is 0 Å². The molecule has 22 heavy (non-hydrogen) atoms. The van der Waals surface area contributed by atoms with Gasteiger partial charge in [-0.3, -0.25) is 0 Å². The molecular formula is C14H12Cl2N3O2S+. The van der Waals surface area contributed by atoms with Crippen molar-refractivity contribution in [3.8, 4) is 5.69 Å². The summed E-state index contributed by atoms with van der Waals surface area (Å²) >= 11 is 12.4. The van der Waals surface area contributed by atoms with Gasteiger partial charge in [-0.15, -0.1) is 0 Å². The fourth-order valence-electron chi connectivity index (χ4n) is 2.17. The van der Waals surface area contributed by atoms with Crippen molar-refractivity contribution in [1.29, 1.82) is 0 Å². The van der Waals surface area contributed by atoms with Crippen LogP contribution in [-0.2, 0) is 16.9 Å². The van der Waals surface area contributed by atoms with Crippen LogP contribution < -0.4 is 4.57 Å². The number of sulfone groups is 1. The van der Waals surface area contributed by atoms with Crippen LogP contribution in [0.15, 0.2) is 41.7 Å². The number of hydrogen-bond acceptors (Lipinski definition) is 3. The second-order valence-corrected chi connectivity index (χ2v) is 7.86. The van der Waals surface area contributed by atoms with E-state index in [2.05, 4.69) is 5.10 Å². The number of nitrogens with zero attached hydrogens (tertiary/aromatic N) is 3. The number of halogens is 2. The lowest BCUT2D eigenvalue weighted by Gasteiger charge is -2.09. The lowest BCUT2D eigenvalue weighted by Crippen LogP contribution is -2.25. The largest absolute Gasteiger partial charge is 0.236 e. The van der Waals surface area contributed by atoms with Crippen LogP contribution in [0.1, 0.15) is 0 Å². The minimum Gasteiger partial charge on any atom is -0.236 e. The summed E-state index contributed by atoms with van der Waals surface area (Å²) in [6.07, 6.45) is 6.71. The highest BCUT2D eigenvalue weighted by molar-refractivity contribution is 7.90. The highest BCUT2D eigenvalue weighted by Gasteiger charge is 2.17. The molecule has 0 spiro atoms. The first-order valence-corrected chi connectivity index (χ1v) is 8.94. The van der Waals surface area contributed by atoms with E-state index in [0.717, 1.165) is 17.2 Å². The van der Waals surface area contributed by atoms with Gasteiger partial charge in [-0.05, 0) is 12.1 Å².